The van der Waals surface area contributed by atoms with Gasteiger partial charge in [-0.25, -0.2) is 10.2 Å². The number of aryl methyl sites for hydroxylation is 1. The summed E-state index contributed by atoms with van der Waals surface area (Å²) in [7, 11) is 0. The molecule has 0 atom stereocenters. The maximum atomic E-state index is 11.8. The second kappa shape index (κ2) is 8.21. The first-order chi connectivity index (χ1) is 13.8. The van der Waals surface area contributed by atoms with E-state index in [1.54, 1.807) is 19.1 Å². The number of carbonyl (C=O) groups is 1. The molecule has 0 bridgehead atoms. The van der Waals surface area contributed by atoms with Crippen molar-refractivity contribution in [2.24, 2.45) is 5.10 Å². The summed E-state index contributed by atoms with van der Waals surface area (Å²) in [5.41, 5.74) is 2.65. The number of non-ortho nitro benzene ring substituents is 1. The van der Waals surface area contributed by atoms with Crippen molar-refractivity contribution in [3.63, 3.8) is 0 Å². The van der Waals surface area contributed by atoms with Gasteiger partial charge in [-0.2, -0.15) is 5.10 Å². The highest BCUT2D eigenvalue weighted by molar-refractivity contribution is 5.86. The van der Waals surface area contributed by atoms with Gasteiger partial charge in [-0.05, 0) is 30.7 Å². The SMILES string of the molecule is Cc1cc(=O)oc2cc(OCC(=O)NN=Cc3cc([N+](=O)[O-])ccc3O)ccc12. The fraction of sp³-hybridized carbons (Fsp3) is 0.105. The zero-order valence-corrected chi connectivity index (χ0v) is 15.1. The predicted octanol–water partition coefficient (Wildman–Crippen LogP) is 2.24. The number of hydrazone groups is 1. The minimum atomic E-state index is -0.615. The number of rotatable bonds is 6. The maximum absolute atomic E-state index is 11.8. The molecule has 0 radical (unpaired) electrons. The number of phenolic OH excluding ortho intramolecular Hbond substituents is 1. The van der Waals surface area contributed by atoms with Crippen molar-refractivity contribution >= 4 is 28.8 Å². The third-order valence-electron chi connectivity index (χ3n) is 3.91. The molecule has 10 nitrogen and oxygen atoms in total. The number of nitrogens with one attached hydrogen (secondary N) is 1. The molecule has 0 fully saturated rings. The second-order valence-corrected chi connectivity index (χ2v) is 5.99. The zero-order valence-electron chi connectivity index (χ0n) is 15.1. The van der Waals surface area contributed by atoms with Gasteiger partial charge in [0.2, 0.25) is 0 Å². The van der Waals surface area contributed by atoms with Crippen LogP contribution in [0.15, 0.2) is 56.8 Å². The van der Waals surface area contributed by atoms with Crippen molar-refractivity contribution in [2.75, 3.05) is 6.61 Å². The minimum absolute atomic E-state index is 0.0698. The Morgan fingerprint density at radius 3 is 2.86 bits per heavy atom. The molecule has 2 N–H and O–H groups in total. The summed E-state index contributed by atoms with van der Waals surface area (Å²) >= 11 is 0. The molecule has 0 spiro atoms. The summed E-state index contributed by atoms with van der Waals surface area (Å²) in [6, 6.07) is 9.65. The van der Waals surface area contributed by atoms with Crippen LogP contribution in [0.1, 0.15) is 11.1 Å². The standard InChI is InChI=1S/C19H15N3O7/c1-11-6-19(25)29-17-8-14(3-4-15(11)17)28-10-18(24)21-20-9-12-7-13(22(26)27)2-5-16(12)23/h2-9,23H,10H2,1H3,(H,21,24). The number of ether oxygens (including phenoxy) is 1. The highest BCUT2D eigenvalue weighted by Crippen LogP contribution is 2.22. The first kappa shape index (κ1) is 19.5. The van der Waals surface area contributed by atoms with Gasteiger partial charge < -0.3 is 14.3 Å². The van der Waals surface area contributed by atoms with Crippen LogP contribution in [0.3, 0.4) is 0 Å². The predicted molar refractivity (Wildman–Crippen MR) is 103 cm³/mol. The number of hydrogen-bond acceptors (Lipinski definition) is 8. The number of fused-ring (bicyclic) bond motifs is 1. The normalized spacial score (nSPS) is 10.9. The van der Waals surface area contributed by atoms with Crippen LogP contribution in [0.4, 0.5) is 5.69 Å². The van der Waals surface area contributed by atoms with Gasteiger partial charge in [-0.3, -0.25) is 14.9 Å². The molecular formula is C19H15N3O7. The number of nitro benzene ring substituents is 1. The molecule has 148 valence electrons. The van der Waals surface area contributed by atoms with Crippen LogP contribution in [0.25, 0.3) is 11.0 Å². The topological polar surface area (TPSA) is 144 Å². The van der Waals surface area contributed by atoms with E-state index in [2.05, 4.69) is 10.5 Å². The molecule has 0 saturated carbocycles. The van der Waals surface area contributed by atoms with E-state index >= 15 is 0 Å². The second-order valence-electron chi connectivity index (χ2n) is 5.99. The van der Waals surface area contributed by atoms with E-state index in [0.29, 0.717) is 11.3 Å². The van der Waals surface area contributed by atoms with E-state index < -0.39 is 16.5 Å². The molecule has 3 rings (SSSR count). The Bertz CT molecular complexity index is 1180. The number of carbonyl (C=O) groups excluding carboxylic acids is 1. The molecule has 0 aliphatic rings. The number of benzene rings is 2. The van der Waals surface area contributed by atoms with E-state index in [1.807, 2.05) is 0 Å². The number of hydrogen-bond donors (Lipinski definition) is 2. The fourth-order valence-corrected chi connectivity index (χ4v) is 2.51. The average molecular weight is 397 g/mol. The lowest BCUT2D eigenvalue weighted by Crippen LogP contribution is -2.24. The van der Waals surface area contributed by atoms with Gasteiger partial charge in [0.25, 0.3) is 11.6 Å². The van der Waals surface area contributed by atoms with E-state index in [9.17, 15) is 24.8 Å². The van der Waals surface area contributed by atoms with Crippen molar-refractivity contribution in [2.45, 2.75) is 6.92 Å². The first-order valence-electron chi connectivity index (χ1n) is 8.30. The highest BCUT2D eigenvalue weighted by Gasteiger charge is 2.09. The maximum Gasteiger partial charge on any atom is 0.336 e. The molecule has 0 aliphatic carbocycles. The molecule has 0 saturated heterocycles. The van der Waals surface area contributed by atoms with Gasteiger partial charge in [-0.1, -0.05) is 0 Å². The third-order valence-corrected chi connectivity index (χ3v) is 3.91. The Kier molecular flexibility index (Phi) is 5.54. The molecule has 0 aliphatic heterocycles. The van der Waals surface area contributed by atoms with E-state index in [0.717, 1.165) is 35.4 Å². The van der Waals surface area contributed by atoms with Crippen LogP contribution in [-0.2, 0) is 4.79 Å². The van der Waals surface area contributed by atoms with Crippen LogP contribution in [0.5, 0.6) is 11.5 Å². The van der Waals surface area contributed by atoms with Gasteiger partial charge >= 0.3 is 5.63 Å². The number of nitro groups is 1. The first-order valence-corrected chi connectivity index (χ1v) is 8.30. The Balaban J connectivity index is 1.61. The molecular weight excluding hydrogens is 382 g/mol. The lowest BCUT2D eigenvalue weighted by molar-refractivity contribution is -0.384. The Hall–Kier alpha value is -4.21. The molecule has 1 aromatic heterocycles. The number of amides is 1. The fourth-order valence-electron chi connectivity index (χ4n) is 2.51. The lowest BCUT2D eigenvalue weighted by atomic mass is 10.1. The lowest BCUT2D eigenvalue weighted by Gasteiger charge is -2.06. The zero-order chi connectivity index (χ0) is 21.0. The smallest absolute Gasteiger partial charge is 0.336 e. The molecule has 2 aromatic carbocycles. The highest BCUT2D eigenvalue weighted by atomic mass is 16.6. The molecule has 3 aromatic rings. The minimum Gasteiger partial charge on any atom is -0.507 e. The van der Waals surface area contributed by atoms with Gasteiger partial charge in [0, 0.05) is 35.2 Å². The average Bonchev–Trinajstić information content (AvgIpc) is 2.67. The summed E-state index contributed by atoms with van der Waals surface area (Å²) in [6.45, 7) is 1.41. The Labute approximate surface area is 163 Å². The van der Waals surface area contributed by atoms with E-state index in [-0.39, 0.29) is 23.6 Å². The molecule has 1 amide bonds. The number of aromatic hydroxyl groups is 1. The van der Waals surface area contributed by atoms with Gasteiger partial charge in [0.05, 0.1) is 11.1 Å². The quantitative estimate of drug-likeness (QED) is 0.281. The summed E-state index contributed by atoms with van der Waals surface area (Å²) in [5.74, 6) is -0.503. The van der Waals surface area contributed by atoms with Crippen molar-refractivity contribution in [1.82, 2.24) is 5.43 Å². The van der Waals surface area contributed by atoms with Crippen molar-refractivity contribution in [3.8, 4) is 11.5 Å². The summed E-state index contributed by atoms with van der Waals surface area (Å²) in [5, 5.41) is 24.8. The van der Waals surface area contributed by atoms with Gasteiger partial charge in [0.15, 0.2) is 6.61 Å². The van der Waals surface area contributed by atoms with Crippen molar-refractivity contribution in [3.05, 3.63) is 74.1 Å². The van der Waals surface area contributed by atoms with Gasteiger partial charge in [0.1, 0.15) is 17.1 Å². The Morgan fingerprint density at radius 1 is 1.31 bits per heavy atom. The molecule has 1 heterocycles. The van der Waals surface area contributed by atoms with Gasteiger partial charge in [-0.15, -0.1) is 0 Å². The van der Waals surface area contributed by atoms with E-state index in [1.165, 1.54) is 12.1 Å². The third kappa shape index (κ3) is 4.75. The number of nitrogens with zero attached hydrogens (tertiary/aromatic N) is 2. The van der Waals surface area contributed by atoms with Crippen LogP contribution in [0.2, 0.25) is 0 Å². The van der Waals surface area contributed by atoms with Crippen molar-refractivity contribution < 1.29 is 24.0 Å². The summed E-state index contributed by atoms with van der Waals surface area (Å²) in [4.78, 5) is 33.4. The monoisotopic (exact) mass is 397 g/mol. The molecule has 0 unspecified atom stereocenters. The van der Waals surface area contributed by atoms with Crippen LogP contribution < -0.4 is 15.8 Å². The molecule has 10 heteroatoms. The van der Waals surface area contributed by atoms with Crippen LogP contribution in [-0.4, -0.2) is 28.8 Å². The largest absolute Gasteiger partial charge is 0.507 e. The summed E-state index contributed by atoms with van der Waals surface area (Å²) < 4.78 is 10.5. The van der Waals surface area contributed by atoms with E-state index in [4.69, 9.17) is 9.15 Å². The molecule has 29 heavy (non-hydrogen) atoms. The van der Waals surface area contributed by atoms with Crippen molar-refractivity contribution in [1.29, 1.82) is 0 Å². The van der Waals surface area contributed by atoms with Crippen LogP contribution in [0, 0.1) is 17.0 Å². The summed E-state index contributed by atoms with van der Waals surface area (Å²) in [6.07, 6.45) is 1.08. The van der Waals surface area contributed by atoms with Crippen LogP contribution >= 0.6 is 0 Å². The Morgan fingerprint density at radius 2 is 2.10 bits per heavy atom. The number of phenols is 1.